The Morgan fingerprint density at radius 1 is 1.12 bits per heavy atom. The molecular weight excluding hydrogens is 235 g/mol. The predicted octanol–water partition coefficient (Wildman–Crippen LogP) is 0.865. The summed E-state index contributed by atoms with van der Waals surface area (Å²) in [6, 6.07) is 9.23. The Balaban J connectivity index is 0.000000385. The van der Waals surface area contributed by atoms with E-state index in [9.17, 15) is 5.11 Å². The topological polar surface area (TPSA) is 107 Å². The number of rotatable bonds is 2. The molecule has 1 rings (SSSR count). The second-order valence-electron chi connectivity index (χ2n) is 3.38. The molecule has 0 unspecified atom stereocenters. The van der Waals surface area contributed by atoms with Gasteiger partial charge in [-0.3, -0.25) is 0 Å². The second kappa shape index (κ2) is 5.98. The molecule has 7 heteroatoms. The summed E-state index contributed by atoms with van der Waals surface area (Å²) >= 11 is 0. The number of aliphatic hydroxyl groups is 1. The highest BCUT2D eigenvalue weighted by Crippen LogP contribution is 2.25. The van der Waals surface area contributed by atoms with E-state index in [1.165, 1.54) is 0 Å². The zero-order valence-electron chi connectivity index (χ0n) is 8.94. The molecule has 6 nitrogen and oxygen atoms in total. The van der Waals surface area contributed by atoms with Crippen LogP contribution in [0.25, 0.3) is 0 Å². The van der Waals surface area contributed by atoms with E-state index in [-0.39, 0.29) is 0 Å². The van der Waals surface area contributed by atoms with Crippen molar-refractivity contribution >= 4 is 7.82 Å². The fourth-order valence-electron chi connectivity index (χ4n) is 0.777. The molecule has 4 N–H and O–H groups in total. The van der Waals surface area contributed by atoms with E-state index < -0.39 is 13.6 Å². The first-order chi connectivity index (χ1) is 7.08. The Kier molecular flexibility index (Phi) is 5.64. The SMILES string of the molecule is CC(C)(O)Oc1ccccc1.O=P(O)(O)O. The predicted molar refractivity (Wildman–Crippen MR) is 57.6 cm³/mol. The molecule has 0 amide bonds. The van der Waals surface area contributed by atoms with E-state index in [0.29, 0.717) is 5.75 Å². The van der Waals surface area contributed by atoms with Crippen LogP contribution in [0.4, 0.5) is 0 Å². The van der Waals surface area contributed by atoms with Gasteiger partial charge in [0.05, 0.1) is 0 Å². The zero-order chi connectivity index (χ0) is 12.8. The van der Waals surface area contributed by atoms with Crippen molar-refractivity contribution in [1.29, 1.82) is 0 Å². The second-order valence-corrected chi connectivity index (χ2v) is 4.40. The minimum absolute atomic E-state index is 0.681. The Labute approximate surface area is 93.4 Å². The molecule has 0 aliphatic carbocycles. The molecule has 0 saturated carbocycles. The van der Waals surface area contributed by atoms with Gasteiger partial charge in [0, 0.05) is 13.8 Å². The highest BCUT2D eigenvalue weighted by Gasteiger charge is 2.12. The molecule has 16 heavy (non-hydrogen) atoms. The highest BCUT2D eigenvalue weighted by atomic mass is 31.2. The van der Waals surface area contributed by atoms with Crippen LogP contribution in [0.3, 0.4) is 0 Å². The van der Waals surface area contributed by atoms with Gasteiger partial charge in [0.15, 0.2) is 0 Å². The van der Waals surface area contributed by atoms with Crippen LogP contribution < -0.4 is 4.74 Å². The molecule has 1 aromatic carbocycles. The fourth-order valence-corrected chi connectivity index (χ4v) is 0.777. The van der Waals surface area contributed by atoms with Gasteiger partial charge in [-0.25, -0.2) is 4.57 Å². The van der Waals surface area contributed by atoms with Gasteiger partial charge in [-0.05, 0) is 12.1 Å². The molecule has 0 aromatic heterocycles. The number of phosphoric acid groups is 1. The van der Waals surface area contributed by atoms with Crippen LogP contribution in [0, 0.1) is 0 Å². The van der Waals surface area contributed by atoms with Crippen molar-refractivity contribution in [3.8, 4) is 5.75 Å². The molecule has 1 aromatic rings. The largest absolute Gasteiger partial charge is 0.466 e. The van der Waals surface area contributed by atoms with Crippen LogP contribution in [0.5, 0.6) is 5.75 Å². The fraction of sp³-hybridized carbons (Fsp3) is 0.333. The number of hydrogen-bond acceptors (Lipinski definition) is 3. The summed E-state index contributed by atoms with van der Waals surface area (Å²) in [7, 11) is -4.64. The summed E-state index contributed by atoms with van der Waals surface area (Å²) in [5.41, 5.74) is 0. The van der Waals surface area contributed by atoms with Crippen LogP contribution in [0.1, 0.15) is 13.8 Å². The van der Waals surface area contributed by atoms with Crippen molar-refractivity contribution in [1.82, 2.24) is 0 Å². The van der Waals surface area contributed by atoms with Crippen LogP contribution in [0.15, 0.2) is 30.3 Å². The third-order valence-electron chi connectivity index (χ3n) is 1.11. The summed E-state index contributed by atoms with van der Waals surface area (Å²) in [4.78, 5) is 21.6. The Hall–Kier alpha value is -0.910. The van der Waals surface area contributed by atoms with Gasteiger partial charge in [0.1, 0.15) is 5.75 Å². The third kappa shape index (κ3) is 13.1. The normalized spacial score (nSPS) is 11.4. The van der Waals surface area contributed by atoms with E-state index in [4.69, 9.17) is 24.0 Å². The lowest BCUT2D eigenvalue weighted by Crippen LogP contribution is -2.26. The van der Waals surface area contributed by atoms with E-state index in [0.717, 1.165) is 0 Å². The molecular formula is C9H15O6P. The zero-order valence-corrected chi connectivity index (χ0v) is 9.83. The van der Waals surface area contributed by atoms with Gasteiger partial charge >= 0.3 is 7.82 Å². The Bertz CT molecular complexity index is 331. The molecule has 0 fully saturated rings. The molecule has 0 spiro atoms. The number of ether oxygens (including phenoxy) is 1. The number of para-hydroxylation sites is 1. The number of hydrogen-bond donors (Lipinski definition) is 4. The maximum atomic E-state index is 9.25. The molecule has 0 heterocycles. The molecule has 0 aliphatic rings. The lowest BCUT2D eigenvalue weighted by atomic mass is 10.3. The summed E-state index contributed by atoms with van der Waals surface area (Å²) in [6.07, 6.45) is 0. The quantitative estimate of drug-likeness (QED) is 0.458. The summed E-state index contributed by atoms with van der Waals surface area (Å²) in [6.45, 7) is 3.19. The lowest BCUT2D eigenvalue weighted by molar-refractivity contribution is -0.104. The molecule has 0 aliphatic heterocycles. The van der Waals surface area contributed by atoms with Crippen LogP contribution in [-0.2, 0) is 4.57 Å². The van der Waals surface area contributed by atoms with Gasteiger partial charge in [0.2, 0.25) is 5.79 Å². The average Bonchev–Trinajstić information content (AvgIpc) is 1.99. The summed E-state index contributed by atoms with van der Waals surface area (Å²) in [5, 5.41) is 9.25. The maximum absolute atomic E-state index is 9.25. The smallest absolute Gasteiger partial charge is 0.463 e. The van der Waals surface area contributed by atoms with Crippen molar-refractivity contribution in [2.24, 2.45) is 0 Å². The maximum Gasteiger partial charge on any atom is 0.466 e. The first-order valence-corrected chi connectivity index (χ1v) is 5.89. The van der Waals surface area contributed by atoms with Gasteiger partial charge in [-0.2, -0.15) is 0 Å². The standard InChI is InChI=1S/C9H12O2.H3O4P/c1-9(2,10)11-8-6-4-3-5-7-8;1-5(2,3)4/h3-7,10H,1-2H3;(H3,1,2,3,4). The first-order valence-electron chi connectivity index (χ1n) is 4.33. The van der Waals surface area contributed by atoms with Gasteiger partial charge in [-0.1, -0.05) is 18.2 Å². The average molecular weight is 250 g/mol. The van der Waals surface area contributed by atoms with Crippen LogP contribution in [0.2, 0.25) is 0 Å². The highest BCUT2D eigenvalue weighted by molar-refractivity contribution is 7.45. The summed E-state index contributed by atoms with van der Waals surface area (Å²) in [5.74, 6) is -0.415. The van der Waals surface area contributed by atoms with E-state index in [1.807, 2.05) is 18.2 Å². The Morgan fingerprint density at radius 2 is 1.50 bits per heavy atom. The van der Waals surface area contributed by atoms with Gasteiger partial charge in [0.25, 0.3) is 0 Å². The van der Waals surface area contributed by atoms with E-state index in [2.05, 4.69) is 0 Å². The summed E-state index contributed by atoms with van der Waals surface area (Å²) < 4.78 is 14.0. The van der Waals surface area contributed by atoms with Crippen LogP contribution in [-0.4, -0.2) is 25.6 Å². The van der Waals surface area contributed by atoms with E-state index in [1.54, 1.807) is 26.0 Å². The van der Waals surface area contributed by atoms with E-state index >= 15 is 0 Å². The minimum Gasteiger partial charge on any atom is -0.463 e. The monoisotopic (exact) mass is 250 g/mol. The van der Waals surface area contributed by atoms with Gasteiger partial charge in [-0.15, -0.1) is 0 Å². The molecule has 0 radical (unpaired) electrons. The van der Waals surface area contributed by atoms with Crippen molar-refractivity contribution in [3.05, 3.63) is 30.3 Å². The van der Waals surface area contributed by atoms with Crippen molar-refractivity contribution in [2.75, 3.05) is 0 Å². The molecule has 0 atom stereocenters. The molecule has 0 bridgehead atoms. The van der Waals surface area contributed by atoms with Crippen molar-refractivity contribution < 1.29 is 29.1 Å². The van der Waals surface area contributed by atoms with Crippen molar-refractivity contribution in [3.63, 3.8) is 0 Å². The molecule has 92 valence electrons. The minimum atomic E-state index is -4.64. The number of benzene rings is 1. The first kappa shape index (κ1) is 15.1. The van der Waals surface area contributed by atoms with Gasteiger partial charge < -0.3 is 24.5 Å². The molecule has 0 saturated heterocycles. The Morgan fingerprint density at radius 3 is 1.81 bits per heavy atom. The van der Waals surface area contributed by atoms with Crippen molar-refractivity contribution in [2.45, 2.75) is 19.6 Å². The lowest BCUT2D eigenvalue weighted by Gasteiger charge is -2.19. The third-order valence-corrected chi connectivity index (χ3v) is 1.11. The van der Waals surface area contributed by atoms with Crippen LogP contribution >= 0.6 is 7.82 Å².